The fourth-order valence-corrected chi connectivity index (χ4v) is 2.08. The second-order valence-electron chi connectivity index (χ2n) is 5.30. The summed E-state index contributed by atoms with van der Waals surface area (Å²) in [5.74, 6) is 0. The average molecular weight is 228 g/mol. The van der Waals surface area contributed by atoms with E-state index in [0.29, 0.717) is 0 Å². The molecule has 0 aromatic carbocycles. The summed E-state index contributed by atoms with van der Waals surface area (Å²) in [6.07, 6.45) is 1.91. The van der Waals surface area contributed by atoms with Gasteiger partial charge in [0.15, 0.2) is 0 Å². The smallest absolute Gasteiger partial charge is 0.126 e. The number of rotatable bonds is 6. The molecule has 0 saturated carbocycles. The van der Waals surface area contributed by atoms with Gasteiger partial charge >= 0.3 is 0 Å². The summed E-state index contributed by atoms with van der Waals surface area (Å²) in [6, 6.07) is 0. The number of aldehydes is 1. The van der Waals surface area contributed by atoms with Crippen LogP contribution in [-0.2, 0) is 4.79 Å². The van der Waals surface area contributed by atoms with Crippen molar-refractivity contribution in [1.82, 2.24) is 9.80 Å². The Balaban J connectivity index is 2.24. The van der Waals surface area contributed by atoms with Gasteiger partial charge in [-0.1, -0.05) is 13.8 Å². The number of carbonyl (C=O) groups excluding carboxylic acids is 1. The van der Waals surface area contributed by atoms with E-state index in [1.165, 1.54) is 0 Å². The van der Waals surface area contributed by atoms with E-state index in [-0.39, 0.29) is 12.0 Å². The Hall–Kier alpha value is -0.450. The van der Waals surface area contributed by atoms with Gasteiger partial charge in [-0.05, 0) is 6.42 Å². The Bertz CT molecular complexity index is 211. The zero-order valence-corrected chi connectivity index (χ0v) is 10.5. The minimum atomic E-state index is -0.229. The van der Waals surface area contributed by atoms with Gasteiger partial charge in [-0.3, -0.25) is 4.90 Å². The molecule has 0 atom stereocenters. The lowest BCUT2D eigenvalue weighted by atomic mass is 9.95. The molecule has 0 aromatic heterocycles. The van der Waals surface area contributed by atoms with Crippen LogP contribution in [0, 0.1) is 5.41 Å². The Kier molecular flexibility index (Phi) is 5.38. The molecular weight excluding hydrogens is 204 g/mol. The SMILES string of the molecule is CC(C)(C=O)CN1CCN(CCCO)CC1. The molecular formula is C12H24N2O2. The summed E-state index contributed by atoms with van der Waals surface area (Å²) in [5.41, 5.74) is -0.229. The number of nitrogens with zero attached hydrogens (tertiary/aromatic N) is 2. The second-order valence-corrected chi connectivity index (χ2v) is 5.30. The highest BCUT2D eigenvalue weighted by atomic mass is 16.3. The summed E-state index contributed by atoms with van der Waals surface area (Å²) in [6.45, 7) is 10.2. The van der Waals surface area contributed by atoms with Crippen LogP contribution in [-0.4, -0.2) is 67.1 Å². The summed E-state index contributed by atoms with van der Waals surface area (Å²) < 4.78 is 0. The van der Waals surface area contributed by atoms with Crippen LogP contribution in [0.5, 0.6) is 0 Å². The maximum absolute atomic E-state index is 10.8. The third-order valence-corrected chi connectivity index (χ3v) is 3.05. The monoisotopic (exact) mass is 228 g/mol. The van der Waals surface area contributed by atoms with Crippen molar-refractivity contribution < 1.29 is 9.90 Å². The largest absolute Gasteiger partial charge is 0.396 e. The highest BCUT2D eigenvalue weighted by Crippen LogP contribution is 2.14. The Morgan fingerprint density at radius 1 is 1.19 bits per heavy atom. The van der Waals surface area contributed by atoms with Crippen molar-refractivity contribution in [3.8, 4) is 0 Å². The highest BCUT2D eigenvalue weighted by molar-refractivity contribution is 5.58. The fraction of sp³-hybridized carbons (Fsp3) is 0.917. The number of piperazine rings is 1. The van der Waals surface area contributed by atoms with E-state index in [2.05, 4.69) is 9.80 Å². The quantitative estimate of drug-likeness (QED) is 0.660. The van der Waals surface area contributed by atoms with Crippen molar-refractivity contribution in [3.05, 3.63) is 0 Å². The van der Waals surface area contributed by atoms with Crippen molar-refractivity contribution in [2.45, 2.75) is 20.3 Å². The summed E-state index contributed by atoms with van der Waals surface area (Å²) in [5, 5.41) is 8.76. The van der Waals surface area contributed by atoms with Crippen molar-refractivity contribution in [2.24, 2.45) is 5.41 Å². The van der Waals surface area contributed by atoms with Crippen molar-refractivity contribution in [3.63, 3.8) is 0 Å². The molecule has 1 aliphatic heterocycles. The zero-order chi connectivity index (χ0) is 12.0. The van der Waals surface area contributed by atoms with E-state index < -0.39 is 0 Å². The molecule has 1 N–H and O–H groups in total. The molecule has 4 heteroatoms. The van der Waals surface area contributed by atoms with Crippen LogP contribution in [0.1, 0.15) is 20.3 Å². The van der Waals surface area contributed by atoms with Gasteiger partial charge in [-0.15, -0.1) is 0 Å². The number of carbonyl (C=O) groups is 1. The van der Waals surface area contributed by atoms with E-state index in [9.17, 15) is 4.79 Å². The van der Waals surface area contributed by atoms with Crippen LogP contribution in [0.25, 0.3) is 0 Å². The predicted molar refractivity (Wildman–Crippen MR) is 64.4 cm³/mol. The van der Waals surface area contributed by atoms with E-state index in [0.717, 1.165) is 52.0 Å². The molecule has 0 amide bonds. The van der Waals surface area contributed by atoms with E-state index in [1.807, 2.05) is 13.8 Å². The van der Waals surface area contributed by atoms with Gasteiger partial charge in [-0.25, -0.2) is 0 Å². The van der Waals surface area contributed by atoms with E-state index >= 15 is 0 Å². The lowest BCUT2D eigenvalue weighted by Crippen LogP contribution is -2.49. The molecule has 16 heavy (non-hydrogen) atoms. The van der Waals surface area contributed by atoms with Crippen LogP contribution in [0.4, 0.5) is 0 Å². The summed E-state index contributed by atoms with van der Waals surface area (Å²) in [4.78, 5) is 15.6. The minimum Gasteiger partial charge on any atom is -0.396 e. The molecule has 1 heterocycles. The van der Waals surface area contributed by atoms with Crippen molar-refractivity contribution in [1.29, 1.82) is 0 Å². The summed E-state index contributed by atoms with van der Waals surface area (Å²) in [7, 11) is 0. The molecule has 94 valence electrons. The van der Waals surface area contributed by atoms with Gasteiger partial charge in [0.25, 0.3) is 0 Å². The molecule has 1 aliphatic rings. The molecule has 0 bridgehead atoms. The first-order chi connectivity index (χ1) is 7.57. The Morgan fingerprint density at radius 2 is 1.75 bits per heavy atom. The number of aliphatic hydroxyl groups is 1. The Morgan fingerprint density at radius 3 is 2.25 bits per heavy atom. The van der Waals surface area contributed by atoms with Crippen LogP contribution in [0.3, 0.4) is 0 Å². The zero-order valence-electron chi connectivity index (χ0n) is 10.5. The lowest BCUT2D eigenvalue weighted by molar-refractivity contribution is -0.115. The fourth-order valence-electron chi connectivity index (χ4n) is 2.08. The molecule has 0 radical (unpaired) electrons. The highest BCUT2D eigenvalue weighted by Gasteiger charge is 2.23. The Labute approximate surface area is 98.2 Å². The first kappa shape index (κ1) is 13.6. The van der Waals surface area contributed by atoms with E-state index in [1.54, 1.807) is 0 Å². The molecule has 1 fully saturated rings. The van der Waals surface area contributed by atoms with E-state index in [4.69, 9.17) is 5.11 Å². The van der Waals surface area contributed by atoms with Gasteiger partial charge in [0.2, 0.25) is 0 Å². The second kappa shape index (κ2) is 6.33. The average Bonchev–Trinajstić information content (AvgIpc) is 2.28. The first-order valence-corrected chi connectivity index (χ1v) is 6.09. The lowest BCUT2D eigenvalue weighted by Gasteiger charge is -2.37. The third-order valence-electron chi connectivity index (χ3n) is 3.05. The van der Waals surface area contributed by atoms with Crippen molar-refractivity contribution >= 4 is 6.29 Å². The van der Waals surface area contributed by atoms with Crippen LogP contribution in [0.2, 0.25) is 0 Å². The molecule has 0 unspecified atom stereocenters. The standard InChI is InChI=1S/C12H24N2O2/c1-12(2,11-16)10-14-7-5-13(6-8-14)4-3-9-15/h11,15H,3-10H2,1-2H3. The van der Waals surface area contributed by atoms with Crippen LogP contribution < -0.4 is 0 Å². The molecule has 0 aliphatic carbocycles. The third kappa shape index (κ3) is 4.60. The molecule has 4 nitrogen and oxygen atoms in total. The normalized spacial score (nSPS) is 19.9. The van der Waals surface area contributed by atoms with Gasteiger partial charge in [-0.2, -0.15) is 0 Å². The van der Waals surface area contributed by atoms with Crippen molar-refractivity contribution in [2.75, 3.05) is 45.9 Å². The van der Waals surface area contributed by atoms with Gasteiger partial charge < -0.3 is 14.8 Å². The van der Waals surface area contributed by atoms with Gasteiger partial charge in [0, 0.05) is 51.3 Å². The molecule has 0 aromatic rings. The van der Waals surface area contributed by atoms with Gasteiger partial charge in [0.05, 0.1) is 0 Å². The molecule has 1 rings (SSSR count). The maximum Gasteiger partial charge on any atom is 0.126 e. The van der Waals surface area contributed by atoms with Crippen LogP contribution >= 0.6 is 0 Å². The minimum absolute atomic E-state index is 0.229. The first-order valence-electron chi connectivity index (χ1n) is 6.09. The number of aliphatic hydroxyl groups excluding tert-OH is 1. The predicted octanol–water partition coefficient (Wildman–Crippen LogP) is 0.212. The van der Waals surface area contributed by atoms with Gasteiger partial charge in [0.1, 0.15) is 6.29 Å². The number of hydrogen-bond donors (Lipinski definition) is 1. The maximum atomic E-state index is 10.8. The molecule has 1 saturated heterocycles. The number of hydrogen-bond acceptors (Lipinski definition) is 4. The molecule has 0 spiro atoms. The topological polar surface area (TPSA) is 43.8 Å². The van der Waals surface area contributed by atoms with Crippen LogP contribution in [0.15, 0.2) is 0 Å². The summed E-state index contributed by atoms with van der Waals surface area (Å²) >= 11 is 0.